The van der Waals surface area contributed by atoms with Crippen LogP contribution in [0.4, 0.5) is 0 Å². The number of hydrazine groups is 1. The molecule has 4 heterocycles. The molecule has 7 N–H and O–H groups in total. The Hall–Kier alpha value is -1.32. The molecule has 0 aromatic carbocycles. The highest BCUT2D eigenvalue weighted by atomic mass is 16.5. The molecular weight excluding hydrogens is 360 g/mol. The number of carbonyl (C=O) groups excluding carboxylic acids is 1. The molecule has 7 atom stereocenters. The number of fused-ring (bicyclic) bond motifs is 1. The lowest BCUT2D eigenvalue weighted by Gasteiger charge is -2.37. The number of nitriles is 1. The normalized spacial score (nSPS) is 41.4. The number of nitrogens with two attached hydrogens (primary N) is 1. The second-order valence-electron chi connectivity index (χ2n) is 8.31. The molecular formula is C18H32N8O2. The van der Waals surface area contributed by atoms with E-state index in [2.05, 4.69) is 32.8 Å². The molecule has 4 rings (SSSR count). The smallest absolute Gasteiger partial charge is 0.229 e. The first-order chi connectivity index (χ1) is 13.7. The van der Waals surface area contributed by atoms with Gasteiger partial charge in [-0.3, -0.25) is 10.1 Å². The van der Waals surface area contributed by atoms with Crippen molar-refractivity contribution in [2.24, 2.45) is 17.6 Å². The van der Waals surface area contributed by atoms with Crippen LogP contribution in [-0.4, -0.2) is 80.8 Å². The van der Waals surface area contributed by atoms with E-state index < -0.39 is 12.1 Å². The fraction of sp³-hybridized carbons (Fsp3) is 0.889. The lowest BCUT2D eigenvalue weighted by atomic mass is 9.96. The summed E-state index contributed by atoms with van der Waals surface area (Å²) in [4.78, 5) is 13.1. The monoisotopic (exact) mass is 392 g/mol. The van der Waals surface area contributed by atoms with Crippen LogP contribution in [-0.2, 0) is 9.53 Å². The summed E-state index contributed by atoms with van der Waals surface area (Å²) in [5.74, 6) is -0.201. The molecule has 0 aromatic heterocycles. The summed E-state index contributed by atoms with van der Waals surface area (Å²) in [6.07, 6.45) is 2.05. The van der Waals surface area contributed by atoms with Crippen LogP contribution in [0, 0.1) is 23.2 Å². The molecule has 4 aliphatic heterocycles. The van der Waals surface area contributed by atoms with Crippen LogP contribution in [0.2, 0.25) is 0 Å². The predicted octanol–water partition coefficient (Wildman–Crippen LogP) is -2.61. The second-order valence-corrected chi connectivity index (χ2v) is 8.31. The van der Waals surface area contributed by atoms with Gasteiger partial charge in [-0.1, -0.05) is 0 Å². The Morgan fingerprint density at radius 2 is 2.07 bits per heavy atom. The number of hydrogen-bond donors (Lipinski definition) is 6. The summed E-state index contributed by atoms with van der Waals surface area (Å²) in [6.45, 7) is 4.92. The van der Waals surface area contributed by atoms with E-state index in [-0.39, 0.29) is 36.2 Å². The zero-order valence-electron chi connectivity index (χ0n) is 16.2. The Labute approximate surface area is 165 Å². The van der Waals surface area contributed by atoms with Gasteiger partial charge in [0.2, 0.25) is 5.91 Å². The maximum Gasteiger partial charge on any atom is 0.229 e. The van der Waals surface area contributed by atoms with Crippen LogP contribution < -0.4 is 32.4 Å². The zero-order valence-corrected chi connectivity index (χ0v) is 16.2. The number of piperidine rings is 1. The van der Waals surface area contributed by atoms with Crippen LogP contribution in [0.5, 0.6) is 0 Å². The Morgan fingerprint density at radius 1 is 1.25 bits per heavy atom. The van der Waals surface area contributed by atoms with Gasteiger partial charge in [-0.05, 0) is 31.8 Å². The van der Waals surface area contributed by atoms with Crippen LogP contribution in [0.15, 0.2) is 0 Å². The Kier molecular flexibility index (Phi) is 6.42. The van der Waals surface area contributed by atoms with Crippen LogP contribution in [0.3, 0.4) is 0 Å². The fourth-order valence-corrected chi connectivity index (χ4v) is 4.76. The van der Waals surface area contributed by atoms with Crippen molar-refractivity contribution >= 4 is 5.91 Å². The number of amides is 1. The summed E-state index contributed by atoms with van der Waals surface area (Å²) >= 11 is 0. The molecule has 6 unspecified atom stereocenters. The van der Waals surface area contributed by atoms with Gasteiger partial charge in [0.15, 0.2) is 0 Å². The van der Waals surface area contributed by atoms with Gasteiger partial charge in [-0.15, -0.1) is 0 Å². The SMILES string of the molecule is N#CCC1CNC2C(C(=O)NC3CNCCC3O[C@@H]3CCNC3)C(N)NN2C1. The fourth-order valence-electron chi connectivity index (χ4n) is 4.76. The topological polar surface area (TPSA) is 140 Å². The summed E-state index contributed by atoms with van der Waals surface area (Å²) in [5.41, 5.74) is 9.46. The van der Waals surface area contributed by atoms with Gasteiger partial charge in [0, 0.05) is 32.6 Å². The molecule has 28 heavy (non-hydrogen) atoms. The molecule has 4 aliphatic rings. The highest BCUT2D eigenvalue weighted by Gasteiger charge is 2.47. The van der Waals surface area contributed by atoms with E-state index in [9.17, 15) is 4.79 Å². The van der Waals surface area contributed by atoms with E-state index in [1.54, 1.807) is 0 Å². The average molecular weight is 393 g/mol. The van der Waals surface area contributed by atoms with Crippen LogP contribution >= 0.6 is 0 Å². The van der Waals surface area contributed by atoms with Gasteiger partial charge < -0.3 is 26.4 Å². The largest absolute Gasteiger partial charge is 0.371 e. The van der Waals surface area contributed by atoms with E-state index in [1.165, 1.54) is 0 Å². The van der Waals surface area contributed by atoms with Gasteiger partial charge in [0.25, 0.3) is 0 Å². The number of nitrogens with one attached hydrogen (secondary N) is 5. The van der Waals surface area contributed by atoms with E-state index >= 15 is 0 Å². The van der Waals surface area contributed by atoms with Crippen LogP contribution in [0.1, 0.15) is 19.3 Å². The van der Waals surface area contributed by atoms with Crippen molar-refractivity contribution in [2.45, 2.75) is 49.8 Å². The Balaban J connectivity index is 1.36. The third-order valence-electron chi connectivity index (χ3n) is 6.26. The first-order valence-electron chi connectivity index (χ1n) is 10.4. The molecule has 4 fully saturated rings. The van der Waals surface area contributed by atoms with Crippen LogP contribution in [0.25, 0.3) is 0 Å². The number of ether oxygens (including phenoxy) is 1. The van der Waals surface area contributed by atoms with Crippen molar-refractivity contribution in [2.75, 3.05) is 39.3 Å². The van der Waals surface area contributed by atoms with Crippen molar-refractivity contribution in [1.29, 1.82) is 5.26 Å². The third-order valence-corrected chi connectivity index (χ3v) is 6.26. The first-order valence-corrected chi connectivity index (χ1v) is 10.4. The molecule has 1 amide bonds. The highest BCUT2D eigenvalue weighted by molar-refractivity contribution is 5.80. The van der Waals surface area contributed by atoms with Gasteiger partial charge in [0.1, 0.15) is 0 Å². The maximum atomic E-state index is 13.1. The van der Waals surface area contributed by atoms with Crippen molar-refractivity contribution < 1.29 is 9.53 Å². The van der Waals surface area contributed by atoms with E-state index in [0.717, 1.165) is 39.0 Å². The molecule has 10 nitrogen and oxygen atoms in total. The first kappa shape index (κ1) is 20.0. The maximum absolute atomic E-state index is 13.1. The minimum Gasteiger partial charge on any atom is -0.371 e. The average Bonchev–Trinajstić information content (AvgIpc) is 3.30. The zero-order chi connectivity index (χ0) is 19.5. The molecule has 0 radical (unpaired) electrons. The summed E-state index contributed by atoms with van der Waals surface area (Å²) in [5, 5.41) is 24.2. The minimum absolute atomic E-state index is 0.0242. The van der Waals surface area contributed by atoms with Gasteiger partial charge in [-0.25, -0.2) is 10.4 Å². The van der Waals surface area contributed by atoms with Crippen molar-refractivity contribution in [3.05, 3.63) is 0 Å². The molecule has 0 spiro atoms. The standard InChI is InChI=1S/C18H32N8O2/c19-4-1-11-7-23-17-15(16(20)25-26(17)10-11)18(27)24-13-9-22-6-3-14(13)28-12-2-5-21-8-12/h11-17,21-23,25H,1-3,5-10,20H2,(H,24,27)/t11?,12-,13?,14?,15?,16?,17?/m1/s1. The quantitative estimate of drug-likeness (QED) is 0.297. The molecule has 4 saturated heterocycles. The molecule has 156 valence electrons. The highest BCUT2D eigenvalue weighted by Crippen LogP contribution is 2.24. The number of nitrogens with zero attached hydrogens (tertiary/aromatic N) is 2. The van der Waals surface area contributed by atoms with Gasteiger partial charge in [-0.2, -0.15) is 5.26 Å². The molecule has 0 bridgehead atoms. The summed E-state index contributed by atoms with van der Waals surface area (Å²) in [6, 6.07) is 2.16. The Bertz CT molecular complexity index is 593. The van der Waals surface area contributed by atoms with Gasteiger partial charge in [0.05, 0.1) is 42.6 Å². The van der Waals surface area contributed by atoms with E-state index in [0.29, 0.717) is 19.5 Å². The summed E-state index contributed by atoms with van der Waals surface area (Å²) in [7, 11) is 0. The minimum atomic E-state index is -0.451. The van der Waals surface area contributed by atoms with Crippen molar-refractivity contribution in [3.63, 3.8) is 0 Å². The molecule has 0 aromatic rings. The van der Waals surface area contributed by atoms with E-state index in [4.69, 9.17) is 15.7 Å². The van der Waals surface area contributed by atoms with Gasteiger partial charge >= 0.3 is 0 Å². The van der Waals surface area contributed by atoms with Crippen molar-refractivity contribution in [1.82, 2.24) is 31.7 Å². The van der Waals surface area contributed by atoms with Crippen molar-refractivity contribution in [3.8, 4) is 6.07 Å². The predicted molar refractivity (Wildman–Crippen MR) is 102 cm³/mol. The van der Waals surface area contributed by atoms with E-state index in [1.807, 2.05) is 5.01 Å². The molecule has 0 saturated carbocycles. The second kappa shape index (κ2) is 9.00. The number of hydrogen-bond acceptors (Lipinski definition) is 9. The third kappa shape index (κ3) is 4.31. The molecule has 0 aliphatic carbocycles. The lowest BCUT2D eigenvalue weighted by Crippen LogP contribution is -2.61. The summed E-state index contributed by atoms with van der Waals surface area (Å²) < 4.78 is 6.28. The lowest BCUT2D eigenvalue weighted by molar-refractivity contribution is -0.129. The Morgan fingerprint density at radius 3 is 2.86 bits per heavy atom. The molecule has 10 heteroatoms. The number of rotatable bonds is 5. The number of carbonyl (C=O) groups is 1.